The minimum absolute atomic E-state index is 0.0119. The Morgan fingerprint density at radius 2 is 1.66 bits per heavy atom. The molecule has 2 aromatic carbocycles. The zero-order valence-electron chi connectivity index (χ0n) is 20.0. The number of halogens is 2. The minimum Gasteiger partial charge on any atom is -0.342 e. The lowest BCUT2D eigenvalue weighted by molar-refractivity contribution is -0.142. The van der Waals surface area contributed by atoms with Gasteiger partial charge in [-0.25, -0.2) is 8.78 Å². The van der Waals surface area contributed by atoms with E-state index in [2.05, 4.69) is 0 Å². The lowest BCUT2D eigenvalue weighted by Gasteiger charge is -2.57. The van der Waals surface area contributed by atoms with Crippen molar-refractivity contribution in [2.24, 2.45) is 0 Å². The van der Waals surface area contributed by atoms with Crippen molar-refractivity contribution < 1.29 is 23.2 Å². The summed E-state index contributed by atoms with van der Waals surface area (Å²) in [5, 5.41) is 0. The number of benzene rings is 2. The molecule has 0 saturated carbocycles. The Balaban J connectivity index is 1.53. The second kappa shape index (κ2) is 8.73. The van der Waals surface area contributed by atoms with Gasteiger partial charge in [-0.2, -0.15) is 0 Å². The minimum atomic E-state index is -0.802. The molecule has 3 aliphatic rings. The lowest BCUT2D eigenvalue weighted by Crippen LogP contribution is -2.68. The molecule has 0 N–H and O–H groups in total. The van der Waals surface area contributed by atoms with Gasteiger partial charge in [0.05, 0.1) is 17.0 Å². The highest BCUT2D eigenvalue weighted by molar-refractivity contribution is 6.02. The molecular formula is C27H29F2N3O3. The summed E-state index contributed by atoms with van der Waals surface area (Å²) in [4.78, 5) is 45.8. The average Bonchev–Trinajstić information content (AvgIpc) is 2.79. The van der Waals surface area contributed by atoms with E-state index in [1.165, 1.54) is 4.90 Å². The summed E-state index contributed by atoms with van der Waals surface area (Å²) in [6, 6.07) is 10.0. The summed E-state index contributed by atoms with van der Waals surface area (Å²) in [6.45, 7) is 5.75. The second-order valence-corrected chi connectivity index (χ2v) is 9.99. The fourth-order valence-corrected chi connectivity index (χ4v) is 5.99. The number of piperidine rings is 1. The number of nitrogens with zero attached hydrogens (tertiary/aromatic N) is 3. The Hall–Kier alpha value is -3.29. The first-order chi connectivity index (χ1) is 16.7. The van der Waals surface area contributed by atoms with Gasteiger partial charge in [-0.1, -0.05) is 18.2 Å². The number of hydrogen-bond acceptors (Lipinski definition) is 3. The second-order valence-electron chi connectivity index (χ2n) is 9.99. The standard InChI is InChI=1S/C27H29F2N3O3/c1-17(2)32-25(34)20-7-4-3-6-19(20)23(26(35)30-12-5-13-30)27(32)10-14-31(15-11-27)24(33)21-16-18(28)8-9-22(21)29/h3-4,6-9,16-17,23H,5,10-15H2,1-2H3. The maximum Gasteiger partial charge on any atom is 0.256 e. The Labute approximate surface area is 203 Å². The summed E-state index contributed by atoms with van der Waals surface area (Å²) < 4.78 is 28.0. The molecule has 2 aromatic rings. The fraction of sp³-hybridized carbons (Fsp3) is 0.444. The van der Waals surface area contributed by atoms with Gasteiger partial charge < -0.3 is 14.7 Å². The number of amides is 3. The quantitative estimate of drug-likeness (QED) is 0.670. The molecule has 3 aliphatic heterocycles. The largest absolute Gasteiger partial charge is 0.342 e. The van der Waals surface area contributed by atoms with E-state index in [4.69, 9.17) is 0 Å². The van der Waals surface area contributed by atoms with E-state index in [-0.39, 0.29) is 36.5 Å². The van der Waals surface area contributed by atoms with Gasteiger partial charge in [0.25, 0.3) is 11.8 Å². The number of hydrogen-bond donors (Lipinski definition) is 0. The van der Waals surface area contributed by atoms with Gasteiger partial charge in [-0.05, 0) is 62.9 Å². The number of likely N-dealkylation sites (tertiary alicyclic amines) is 2. The van der Waals surface area contributed by atoms with E-state index in [1.54, 1.807) is 6.07 Å². The van der Waals surface area contributed by atoms with Gasteiger partial charge in [-0.3, -0.25) is 14.4 Å². The zero-order valence-corrected chi connectivity index (χ0v) is 20.0. The Kier molecular flexibility index (Phi) is 5.85. The Bertz CT molecular complexity index is 1190. The Morgan fingerprint density at radius 1 is 0.971 bits per heavy atom. The normalized spacial score (nSPS) is 21.2. The number of carbonyl (C=O) groups excluding carboxylic acids is 3. The topological polar surface area (TPSA) is 60.9 Å². The molecule has 6 nitrogen and oxygen atoms in total. The van der Waals surface area contributed by atoms with Crippen LogP contribution in [0.3, 0.4) is 0 Å². The van der Waals surface area contributed by atoms with Crippen molar-refractivity contribution in [3.8, 4) is 0 Å². The molecule has 184 valence electrons. The van der Waals surface area contributed by atoms with Crippen LogP contribution in [0.1, 0.15) is 65.3 Å². The monoisotopic (exact) mass is 481 g/mol. The molecule has 1 unspecified atom stereocenters. The van der Waals surface area contributed by atoms with E-state index in [9.17, 15) is 23.2 Å². The summed E-state index contributed by atoms with van der Waals surface area (Å²) in [5.74, 6) is -2.67. The van der Waals surface area contributed by atoms with Gasteiger partial charge in [0, 0.05) is 37.8 Å². The highest BCUT2D eigenvalue weighted by atomic mass is 19.1. The van der Waals surface area contributed by atoms with Crippen LogP contribution in [0.2, 0.25) is 0 Å². The van der Waals surface area contributed by atoms with Crippen LogP contribution in [-0.4, -0.2) is 70.2 Å². The molecular weight excluding hydrogens is 452 g/mol. The van der Waals surface area contributed by atoms with E-state index in [0.29, 0.717) is 31.5 Å². The van der Waals surface area contributed by atoms with Crippen LogP contribution >= 0.6 is 0 Å². The first-order valence-electron chi connectivity index (χ1n) is 12.2. The van der Waals surface area contributed by atoms with Crippen molar-refractivity contribution in [3.05, 3.63) is 70.8 Å². The van der Waals surface area contributed by atoms with Crippen LogP contribution in [0.25, 0.3) is 0 Å². The molecule has 1 atom stereocenters. The van der Waals surface area contributed by atoms with Crippen molar-refractivity contribution >= 4 is 17.7 Å². The molecule has 1 spiro atoms. The van der Waals surface area contributed by atoms with Crippen LogP contribution in [0.15, 0.2) is 42.5 Å². The Morgan fingerprint density at radius 3 is 2.29 bits per heavy atom. The van der Waals surface area contributed by atoms with Crippen molar-refractivity contribution in [2.75, 3.05) is 26.2 Å². The van der Waals surface area contributed by atoms with E-state index in [0.717, 1.165) is 30.2 Å². The maximum atomic E-state index is 14.3. The lowest BCUT2D eigenvalue weighted by atomic mass is 9.66. The molecule has 35 heavy (non-hydrogen) atoms. The molecule has 2 fully saturated rings. The molecule has 8 heteroatoms. The average molecular weight is 482 g/mol. The van der Waals surface area contributed by atoms with Crippen molar-refractivity contribution in [3.63, 3.8) is 0 Å². The molecule has 0 aliphatic carbocycles. The van der Waals surface area contributed by atoms with E-state index < -0.39 is 29.0 Å². The van der Waals surface area contributed by atoms with Gasteiger partial charge >= 0.3 is 0 Å². The molecule has 2 saturated heterocycles. The number of carbonyl (C=O) groups is 3. The van der Waals surface area contributed by atoms with Crippen molar-refractivity contribution in [1.82, 2.24) is 14.7 Å². The van der Waals surface area contributed by atoms with Gasteiger partial charge in [0.1, 0.15) is 11.6 Å². The van der Waals surface area contributed by atoms with Gasteiger partial charge in [0.15, 0.2) is 0 Å². The molecule has 3 amide bonds. The van der Waals surface area contributed by atoms with Gasteiger partial charge in [0.2, 0.25) is 5.91 Å². The summed E-state index contributed by atoms with van der Waals surface area (Å²) in [7, 11) is 0. The first-order valence-corrected chi connectivity index (χ1v) is 12.2. The van der Waals surface area contributed by atoms with Crippen LogP contribution in [-0.2, 0) is 4.79 Å². The SMILES string of the molecule is CC(C)N1C(=O)c2ccccc2C(C(=O)N2CCC2)C12CCN(C(=O)c1cc(F)ccc1F)CC2. The summed E-state index contributed by atoms with van der Waals surface area (Å²) in [5.41, 5.74) is 0.178. The van der Waals surface area contributed by atoms with Crippen LogP contribution in [0.4, 0.5) is 8.78 Å². The van der Waals surface area contributed by atoms with Crippen LogP contribution in [0.5, 0.6) is 0 Å². The van der Waals surface area contributed by atoms with E-state index >= 15 is 0 Å². The summed E-state index contributed by atoms with van der Waals surface area (Å²) >= 11 is 0. The smallest absolute Gasteiger partial charge is 0.256 e. The molecule has 0 aromatic heterocycles. The number of fused-ring (bicyclic) bond motifs is 1. The molecule has 0 bridgehead atoms. The zero-order chi connectivity index (χ0) is 24.9. The maximum absolute atomic E-state index is 14.3. The molecule has 0 radical (unpaired) electrons. The molecule has 5 rings (SSSR count). The van der Waals surface area contributed by atoms with Crippen molar-refractivity contribution in [2.45, 2.75) is 50.6 Å². The molecule has 3 heterocycles. The highest BCUT2D eigenvalue weighted by Gasteiger charge is 2.57. The van der Waals surface area contributed by atoms with Gasteiger partial charge in [-0.15, -0.1) is 0 Å². The first kappa shape index (κ1) is 23.5. The highest BCUT2D eigenvalue weighted by Crippen LogP contribution is 2.49. The third kappa shape index (κ3) is 3.70. The van der Waals surface area contributed by atoms with Crippen LogP contribution < -0.4 is 0 Å². The predicted octanol–water partition coefficient (Wildman–Crippen LogP) is 3.82. The summed E-state index contributed by atoms with van der Waals surface area (Å²) in [6.07, 6.45) is 1.71. The fourth-order valence-electron chi connectivity index (χ4n) is 5.99. The van der Waals surface area contributed by atoms with Crippen molar-refractivity contribution in [1.29, 1.82) is 0 Å². The third-order valence-electron chi connectivity index (χ3n) is 7.74. The number of rotatable bonds is 3. The third-order valence-corrected chi connectivity index (χ3v) is 7.74. The predicted molar refractivity (Wildman–Crippen MR) is 126 cm³/mol. The van der Waals surface area contributed by atoms with E-state index in [1.807, 2.05) is 41.8 Å². The van der Waals surface area contributed by atoms with Crippen LogP contribution in [0, 0.1) is 11.6 Å².